The third-order valence-electron chi connectivity index (χ3n) is 2.69. The maximum atomic E-state index is 5.50. The van der Waals surface area contributed by atoms with Crippen molar-refractivity contribution in [2.75, 3.05) is 6.61 Å². The van der Waals surface area contributed by atoms with E-state index in [9.17, 15) is 0 Å². The van der Waals surface area contributed by atoms with Gasteiger partial charge in [-0.25, -0.2) is 0 Å². The van der Waals surface area contributed by atoms with Crippen molar-refractivity contribution in [2.24, 2.45) is 5.41 Å². The van der Waals surface area contributed by atoms with Gasteiger partial charge < -0.3 is 4.74 Å². The molecule has 0 heterocycles. The van der Waals surface area contributed by atoms with Gasteiger partial charge in [0.2, 0.25) is 0 Å². The molecule has 0 aliphatic heterocycles. The molecule has 0 aliphatic carbocycles. The number of hydrogen-bond donors (Lipinski definition) is 0. The molecule has 0 amide bonds. The van der Waals surface area contributed by atoms with Crippen molar-refractivity contribution < 1.29 is 4.74 Å². The van der Waals surface area contributed by atoms with Gasteiger partial charge in [-0.3, -0.25) is 0 Å². The fourth-order valence-electron chi connectivity index (χ4n) is 1.43. The average molecular weight is 266 g/mol. The quantitative estimate of drug-likeness (QED) is 0.746. The molecule has 17 heavy (non-hydrogen) atoms. The summed E-state index contributed by atoms with van der Waals surface area (Å²) in [5, 5.41) is 0.584. The highest BCUT2D eigenvalue weighted by atomic mass is 32.1. The second kappa shape index (κ2) is 6.22. The Balaban J connectivity index is 2.73. The van der Waals surface area contributed by atoms with Crippen molar-refractivity contribution in [3.63, 3.8) is 0 Å². The molecule has 0 aromatic heterocycles. The van der Waals surface area contributed by atoms with E-state index in [-0.39, 0.29) is 5.41 Å². The van der Waals surface area contributed by atoms with Crippen LogP contribution in [0.4, 0.5) is 0 Å². The largest absolute Gasteiger partial charge is 0.486 e. The molecule has 0 bridgehead atoms. The average Bonchev–Trinajstić information content (AvgIpc) is 2.30. The highest BCUT2D eigenvalue weighted by molar-refractivity contribution is 7.82. The number of benzene rings is 1. The fraction of sp³-hybridized carbons (Fsp3) is 0.429. The summed E-state index contributed by atoms with van der Waals surface area (Å²) in [7, 11) is 0. The number of rotatable bonds is 5. The topological polar surface area (TPSA) is 9.23 Å². The molecule has 0 aliphatic rings. The van der Waals surface area contributed by atoms with E-state index in [0.717, 1.165) is 11.3 Å². The van der Waals surface area contributed by atoms with Crippen LogP contribution in [0.1, 0.15) is 26.3 Å². The highest BCUT2D eigenvalue weighted by Gasteiger charge is 2.30. The minimum atomic E-state index is -0.337. The lowest BCUT2D eigenvalue weighted by Crippen LogP contribution is -2.33. The first kappa shape index (κ1) is 14.3. The van der Waals surface area contributed by atoms with Crippen LogP contribution in [-0.4, -0.2) is 16.5 Å². The Bertz CT molecular complexity index is 396. The summed E-state index contributed by atoms with van der Waals surface area (Å²) in [6, 6.07) is 10.2. The Morgan fingerprint density at radius 1 is 1.18 bits per heavy atom. The summed E-state index contributed by atoms with van der Waals surface area (Å²) in [5.74, 6) is 0. The van der Waals surface area contributed by atoms with Crippen molar-refractivity contribution in [3.8, 4) is 0 Å². The second-order valence-corrected chi connectivity index (χ2v) is 5.29. The first-order chi connectivity index (χ1) is 7.98. The lowest BCUT2D eigenvalue weighted by molar-refractivity contribution is 0.306. The normalized spacial score (nSPS) is 11.0. The lowest BCUT2D eigenvalue weighted by Gasteiger charge is -2.26. The maximum absolute atomic E-state index is 5.50. The molecule has 0 atom stereocenters. The molecule has 0 saturated carbocycles. The van der Waals surface area contributed by atoms with Gasteiger partial charge in [-0.15, -0.1) is 0 Å². The van der Waals surface area contributed by atoms with Gasteiger partial charge in [0.15, 0.2) is 5.05 Å². The summed E-state index contributed by atoms with van der Waals surface area (Å²) in [5.41, 5.74) is 0.876. The zero-order valence-corrected chi connectivity index (χ0v) is 12.2. The Morgan fingerprint density at radius 3 is 2.29 bits per heavy atom. The Hall–Kier alpha value is -0.800. The smallest absolute Gasteiger partial charge is 0.170 e. The molecule has 0 radical (unpaired) electrons. The summed E-state index contributed by atoms with van der Waals surface area (Å²) >= 11 is 10.8. The third-order valence-corrected chi connectivity index (χ3v) is 3.97. The second-order valence-electron chi connectivity index (χ2n) is 4.43. The Labute approximate surface area is 114 Å². The maximum Gasteiger partial charge on any atom is 0.170 e. The van der Waals surface area contributed by atoms with Gasteiger partial charge in [0.1, 0.15) is 0 Å². The Kier molecular flexibility index (Phi) is 5.22. The van der Waals surface area contributed by atoms with E-state index >= 15 is 0 Å². The molecule has 1 rings (SSSR count). The van der Waals surface area contributed by atoms with Crippen LogP contribution in [0.3, 0.4) is 0 Å². The number of ether oxygens (including phenoxy) is 1. The van der Waals surface area contributed by atoms with Crippen LogP contribution < -0.4 is 0 Å². The van der Waals surface area contributed by atoms with Crippen molar-refractivity contribution in [1.82, 2.24) is 0 Å². The number of hydrogen-bond acceptors (Lipinski definition) is 3. The van der Waals surface area contributed by atoms with Crippen molar-refractivity contribution >= 4 is 34.4 Å². The first-order valence-electron chi connectivity index (χ1n) is 5.73. The zero-order valence-electron chi connectivity index (χ0n) is 10.5. The monoisotopic (exact) mass is 266 g/mol. The van der Waals surface area contributed by atoms with Crippen LogP contribution in [-0.2, 0) is 11.2 Å². The van der Waals surface area contributed by atoms with E-state index in [2.05, 4.69) is 12.1 Å². The molecule has 0 N–H and O–H groups in total. The molecule has 1 aromatic carbocycles. The van der Waals surface area contributed by atoms with Gasteiger partial charge in [-0.2, -0.15) is 0 Å². The third kappa shape index (κ3) is 3.86. The standard InChI is InChI=1S/C14H18OS2/c1-4-15-13(17)14(2,3)12(16)10-11-8-6-5-7-9-11/h5-9H,4,10H2,1-3H3. The van der Waals surface area contributed by atoms with Crippen LogP contribution in [0.25, 0.3) is 0 Å². The predicted octanol–water partition coefficient (Wildman–Crippen LogP) is 3.99. The van der Waals surface area contributed by atoms with Gasteiger partial charge in [-0.05, 0) is 38.6 Å². The zero-order chi connectivity index (χ0) is 12.9. The molecule has 1 aromatic rings. The molecular formula is C14H18OS2. The van der Waals surface area contributed by atoms with E-state index in [1.54, 1.807) is 0 Å². The summed E-state index contributed by atoms with van der Waals surface area (Å²) < 4.78 is 5.41. The van der Waals surface area contributed by atoms with Crippen molar-refractivity contribution in [2.45, 2.75) is 27.2 Å². The molecule has 0 fully saturated rings. The lowest BCUT2D eigenvalue weighted by atomic mass is 9.86. The molecule has 0 unspecified atom stereocenters. The van der Waals surface area contributed by atoms with Crippen LogP contribution in [0, 0.1) is 5.41 Å². The molecule has 92 valence electrons. The highest BCUT2D eigenvalue weighted by Crippen LogP contribution is 2.24. The molecule has 0 saturated heterocycles. The summed E-state index contributed by atoms with van der Waals surface area (Å²) in [6.07, 6.45) is 0.760. The van der Waals surface area contributed by atoms with Gasteiger partial charge in [0.25, 0.3) is 0 Å². The van der Waals surface area contributed by atoms with E-state index in [0.29, 0.717) is 11.7 Å². The summed E-state index contributed by atoms with van der Waals surface area (Å²) in [4.78, 5) is 0.919. The van der Waals surface area contributed by atoms with Crippen LogP contribution >= 0.6 is 24.4 Å². The van der Waals surface area contributed by atoms with Crippen LogP contribution in [0.2, 0.25) is 0 Å². The molecular weight excluding hydrogens is 248 g/mol. The van der Waals surface area contributed by atoms with Crippen LogP contribution in [0.5, 0.6) is 0 Å². The molecule has 3 heteroatoms. The van der Waals surface area contributed by atoms with Crippen molar-refractivity contribution in [3.05, 3.63) is 35.9 Å². The number of thiocarbonyl (C=S) groups is 2. The van der Waals surface area contributed by atoms with Crippen molar-refractivity contribution in [1.29, 1.82) is 0 Å². The van der Waals surface area contributed by atoms with Gasteiger partial charge >= 0.3 is 0 Å². The van der Waals surface area contributed by atoms with E-state index in [1.807, 2.05) is 39.0 Å². The van der Waals surface area contributed by atoms with Gasteiger partial charge in [0, 0.05) is 11.3 Å². The summed E-state index contributed by atoms with van der Waals surface area (Å²) in [6.45, 7) is 6.57. The fourth-order valence-corrected chi connectivity index (χ4v) is 1.99. The van der Waals surface area contributed by atoms with Gasteiger partial charge in [0.05, 0.1) is 12.0 Å². The minimum Gasteiger partial charge on any atom is -0.486 e. The van der Waals surface area contributed by atoms with E-state index in [4.69, 9.17) is 29.2 Å². The SMILES string of the molecule is CCOC(=S)C(C)(C)C(=S)Cc1ccccc1. The predicted molar refractivity (Wildman–Crippen MR) is 80.7 cm³/mol. The van der Waals surface area contributed by atoms with Crippen LogP contribution in [0.15, 0.2) is 30.3 Å². The first-order valence-corrected chi connectivity index (χ1v) is 6.54. The van der Waals surface area contributed by atoms with E-state index in [1.165, 1.54) is 5.56 Å². The Morgan fingerprint density at radius 2 is 1.76 bits per heavy atom. The minimum absolute atomic E-state index is 0.337. The molecule has 1 nitrogen and oxygen atoms in total. The van der Waals surface area contributed by atoms with Gasteiger partial charge in [-0.1, -0.05) is 42.5 Å². The molecule has 0 spiro atoms. The van der Waals surface area contributed by atoms with E-state index < -0.39 is 0 Å².